The van der Waals surface area contributed by atoms with E-state index in [-0.39, 0.29) is 29.7 Å². The number of carbonyl (C=O) groups excluding carboxylic acids is 1. The van der Waals surface area contributed by atoms with Crippen LogP contribution in [0.3, 0.4) is 0 Å². The quantitative estimate of drug-likeness (QED) is 0.486. The van der Waals surface area contributed by atoms with Gasteiger partial charge in [0.1, 0.15) is 17.6 Å². The minimum absolute atomic E-state index is 0.170. The Morgan fingerprint density at radius 1 is 0.935 bits per heavy atom. The number of nitrogens with zero attached hydrogens (tertiary/aromatic N) is 2. The smallest absolute Gasteiger partial charge is 0.229 e. The molecular formula is C25H20FN3O2. The molecule has 31 heavy (non-hydrogen) atoms. The Balaban J connectivity index is 1.68. The van der Waals surface area contributed by atoms with Crippen LogP contribution in [0.15, 0.2) is 91.1 Å². The summed E-state index contributed by atoms with van der Waals surface area (Å²) in [6.07, 6.45) is 0.566. The number of carbonyl (C=O) groups is 1. The lowest BCUT2D eigenvalue weighted by Gasteiger charge is -2.16. The standard InChI is InChI=1S/C25H20FN3O2/c26-20-13-11-18(12-14-20)21-16-27-25(29-22(30)15-17-7-3-1-4-8-17)23(28-21)24(31)19-9-5-2-6-10-19/h1-14,16,24,31H,15H2,(H,27,29,30). The Hall–Kier alpha value is -3.90. The molecule has 1 heterocycles. The molecule has 1 amide bonds. The third-order valence-corrected chi connectivity index (χ3v) is 4.78. The summed E-state index contributed by atoms with van der Waals surface area (Å²) in [7, 11) is 0. The molecule has 6 heteroatoms. The monoisotopic (exact) mass is 413 g/mol. The molecule has 0 fully saturated rings. The minimum atomic E-state index is -1.10. The highest BCUT2D eigenvalue weighted by Gasteiger charge is 2.20. The molecule has 0 aliphatic heterocycles. The van der Waals surface area contributed by atoms with Crippen molar-refractivity contribution in [3.8, 4) is 11.3 Å². The maximum absolute atomic E-state index is 13.3. The summed E-state index contributed by atoms with van der Waals surface area (Å²) < 4.78 is 13.3. The summed E-state index contributed by atoms with van der Waals surface area (Å²) in [5.74, 6) is -0.439. The molecule has 1 unspecified atom stereocenters. The lowest BCUT2D eigenvalue weighted by atomic mass is 10.1. The predicted octanol–water partition coefficient (Wildman–Crippen LogP) is 4.55. The van der Waals surface area contributed by atoms with E-state index in [1.54, 1.807) is 24.3 Å². The lowest BCUT2D eigenvalue weighted by Crippen LogP contribution is -2.19. The van der Waals surface area contributed by atoms with Gasteiger partial charge in [0.05, 0.1) is 18.3 Å². The number of hydrogen-bond acceptors (Lipinski definition) is 4. The highest BCUT2D eigenvalue weighted by atomic mass is 19.1. The summed E-state index contributed by atoms with van der Waals surface area (Å²) in [5.41, 5.74) is 2.81. The number of halogens is 1. The fourth-order valence-corrected chi connectivity index (χ4v) is 3.20. The zero-order valence-electron chi connectivity index (χ0n) is 16.6. The lowest BCUT2D eigenvalue weighted by molar-refractivity contribution is -0.115. The van der Waals surface area contributed by atoms with Crippen LogP contribution in [0.1, 0.15) is 22.9 Å². The highest BCUT2D eigenvalue weighted by molar-refractivity contribution is 5.92. The van der Waals surface area contributed by atoms with E-state index >= 15 is 0 Å². The molecule has 0 aliphatic carbocycles. The van der Waals surface area contributed by atoms with E-state index in [0.717, 1.165) is 5.56 Å². The number of anilines is 1. The van der Waals surface area contributed by atoms with Crippen LogP contribution in [0.4, 0.5) is 10.2 Å². The van der Waals surface area contributed by atoms with Crippen molar-refractivity contribution in [2.75, 3.05) is 5.32 Å². The first-order chi connectivity index (χ1) is 15.1. The van der Waals surface area contributed by atoms with Crippen LogP contribution >= 0.6 is 0 Å². The molecular weight excluding hydrogens is 393 g/mol. The van der Waals surface area contributed by atoms with Gasteiger partial charge in [0, 0.05) is 5.56 Å². The van der Waals surface area contributed by atoms with Crippen LogP contribution in [0, 0.1) is 5.82 Å². The van der Waals surface area contributed by atoms with Crippen LogP contribution in [0.25, 0.3) is 11.3 Å². The van der Waals surface area contributed by atoms with Crippen LogP contribution in [0.2, 0.25) is 0 Å². The molecule has 0 spiro atoms. The first-order valence-electron chi connectivity index (χ1n) is 9.80. The number of nitrogens with one attached hydrogen (secondary N) is 1. The molecule has 2 N–H and O–H groups in total. The van der Waals surface area contributed by atoms with Gasteiger partial charge in [0.2, 0.25) is 5.91 Å². The van der Waals surface area contributed by atoms with E-state index in [1.807, 2.05) is 48.5 Å². The van der Waals surface area contributed by atoms with Crippen molar-refractivity contribution in [3.63, 3.8) is 0 Å². The zero-order chi connectivity index (χ0) is 21.6. The second-order valence-electron chi connectivity index (χ2n) is 7.02. The number of aliphatic hydroxyl groups is 1. The minimum Gasteiger partial charge on any atom is -0.382 e. The van der Waals surface area contributed by atoms with Crippen molar-refractivity contribution in [3.05, 3.63) is 114 Å². The van der Waals surface area contributed by atoms with Crippen molar-refractivity contribution in [2.45, 2.75) is 12.5 Å². The van der Waals surface area contributed by atoms with Gasteiger partial charge in [-0.15, -0.1) is 0 Å². The van der Waals surface area contributed by atoms with Gasteiger partial charge >= 0.3 is 0 Å². The molecule has 4 rings (SSSR count). The Bertz CT molecular complexity index is 1170. The number of amides is 1. The maximum atomic E-state index is 13.3. The third-order valence-electron chi connectivity index (χ3n) is 4.78. The van der Waals surface area contributed by atoms with Crippen molar-refractivity contribution in [1.82, 2.24) is 9.97 Å². The van der Waals surface area contributed by atoms with Crippen LogP contribution < -0.4 is 5.32 Å². The first kappa shape index (κ1) is 20.4. The Labute approximate surface area is 179 Å². The molecule has 3 aromatic carbocycles. The first-order valence-corrected chi connectivity index (χ1v) is 9.80. The Kier molecular flexibility index (Phi) is 6.10. The fourth-order valence-electron chi connectivity index (χ4n) is 3.20. The summed E-state index contributed by atoms with van der Waals surface area (Å²) >= 11 is 0. The molecule has 0 bridgehead atoms. The second kappa shape index (κ2) is 9.28. The van der Waals surface area contributed by atoms with Crippen molar-refractivity contribution in [2.24, 2.45) is 0 Å². The van der Waals surface area contributed by atoms with Crippen LogP contribution in [0.5, 0.6) is 0 Å². The Morgan fingerprint density at radius 3 is 2.26 bits per heavy atom. The number of aromatic nitrogens is 2. The van der Waals surface area contributed by atoms with E-state index in [4.69, 9.17) is 0 Å². The molecule has 1 aromatic heterocycles. The van der Waals surface area contributed by atoms with Crippen molar-refractivity contribution < 1.29 is 14.3 Å². The normalized spacial score (nSPS) is 11.7. The number of hydrogen-bond donors (Lipinski definition) is 2. The Morgan fingerprint density at radius 2 is 1.58 bits per heavy atom. The van der Waals surface area contributed by atoms with Gasteiger partial charge in [-0.05, 0) is 35.4 Å². The van der Waals surface area contributed by atoms with Gasteiger partial charge in [-0.3, -0.25) is 4.79 Å². The van der Waals surface area contributed by atoms with Gasteiger partial charge in [-0.2, -0.15) is 0 Å². The fraction of sp³-hybridized carbons (Fsp3) is 0.0800. The topological polar surface area (TPSA) is 75.1 Å². The average Bonchev–Trinajstić information content (AvgIpc) is 2.80. The van der Waals surface area contributed by atoms with Crippen molar-refractivity contribution >= 4 is 11.7 Å². The summed E-state index contributed by atoms with van der Waals surface area (Å²) in [6, 6.07) is 24.2. The van der Waals surface area contributed by atoms with Crippen LogP contribution in [-0.2, 0) is 11.2 Å². The van der Waals surface area contributed by atoms with Crippen molar-refractivity contribution in [1.29, 1.82) is 0 Å². The van der Waals surface area contributed by atoms with E-state index in [1.165, 1.54) is 18.3 Å². The molecule has 1 atom stereocenters. The van der Waals surface area contributed by atoms with Gasteiger partial charge in [-0.25, -0.2) is 14.4 Å². The SMILES string of the molecule is O=C(Cc1ccccc1)Nc1ncc(-c2ccc(F)cc2)nc1C(O)c1ccccc1. The molecule has 0 aliphatic rings. The third kappa shape index (κ3) is 4.99. The number of aliphatic hydroxyl groups excluding tert-OH is 1. The van der Waals surface area contributed by atoms with E-state index in [9.17, 15) is 14.3 Å². The van der Waals surface area contributed by atoms with Gasteiger partial charge in [0.15, 0.2) is 5.82 Å². The van der Waals surface area contributed by atoms with Gasteiger partial charge < -0.3 is 10.4 Å². The van der Waals surface area contributed by atoms with E-state index in [0.29, 0.717) is 16.8 Å². The molecule has 0 saturated carbocycles. The predicted molar refractivity (Wildman–Crippen MR) is 117 cm³/mol. The van der Waals surface area contributed by atoms with E-state index in [2.05, 4.69) is 15.3 Å². The molecule has 0 radical (unpaired) electrons. The van der Waals surface area contributed by atoms with Crippen LogP contribution in [-0.4, -0.2) is 21.0 Å². The molecule has 154 valence electrons. The van der Waals surface area contributed by atoms with Gasteiger partial charge in [0.25, 0.3) is 0 Å². The summed E-state index contributed by atoms with van der Waals surface area (Å²) in [6.45, 7) is 0. The largest absolute Gasteiger partial charge is 0.382 e. The zero-order valence-corrected chi connectivity index (χ0v) is 16.6. The highest BCUT2D eigenvalue weighted by Crippen LogP contribution is 2.28. The average molecular weight is 413 g/mol. The second-order valence-corrected chi connectivity index (χ2v) is 7.02. The summed E-state index contributed by atoms with van der Waals surface area (Å²) in [5, 5.41) is 13.7. The number of rotatable bonds is 6. The molecule has 5 nitrogen and oxygen atoms in total. The van der Waals surface area contributed by atoms with Gasteiger partial charge in [-0.1, -0.05) is 60.7 Å². The summed E-state index contributed by atoms with van der Waals surface area (Å²) in [4.78, 5) is 21.5. The molecule has 0 saturated heterocycles. The molecule has 4 aromatic rings. The maximum Gasteiger partial charge on any atom is 0.229 e. The number of benzene rings is 3. The van der Waals surface area contributed by atoms with E-state index < -0.39 is 6.10 Å².